The first-order chi connectivity index (χ1) is 9.66. The zero-order chi connectivity index (χ0) is 14.4. The second-order valence-electron chi connectivity index (χ2n) is 5.33. The van der Waals surface area contributed by atoms with E-state index in [1.807, 2.05) is 36.5 Å². The van der Waals surface area contributed by atoms with Gasteiger partial charge in [-0.25, -0.2) is 0 Å². The summed E-state index contributed by atoms with van der Waals surface area (Å²) in [5, 5.41) is 0. The van der Waals surface area contributed by atoms with Crippen molar-refractivity contribution >= 4 is 5.69 Å². The largest absolute Gasteiger partial charge is 0.398 e. The van der Waals surface area contributed by atoms with Gasteiger partial charge >= 0.3 is 0 Å². The molecular weight excluding hydrogens is 246 g/mol. The third kappa shape index (κ3) is 4.07. The summed E-state index contributed by atoms with van der Waals surface area (Å²) in [6.45, 7) is 6.31. The van der Waals surface area contributed by atoms with Crippen LogP contribution in [0.3, 0.4) is 0 Å². The number of benzene rings is 1. The normalized spacial score (nSPS) is 11.2. The van der Waals surface area contributed by atoms with Gasteiger partial charge in [-0.15, -0.1) is 0 Å². The van der Waals surface area contributed by atoms with Crippen LogP contribution in [0.4, 0.5) is 5.69 Å². The van der Waals surface area contributed by atoms with E-state index in [1.165, 1.54) is 5.56 Å². The van der Waals surface area contributed by atoms with Crippen LogP contribution < -0.4 is 5.73 Å². The lowest BCUT2D eigenvalue weighted by molar-refractivity contribution is 0.215. The Bertz CT molecular complexity index is 523. The second kappa shape index (κ2) is 7.06. The van der Waals surface area contributed by atoms with Crippen LogP contribution in [0.2, 0.25) is 0 Å². The summed E-state index contributed by atoms with van der Waals surface area (Å²) >= 11 is 0. The van der Waals surface area contributed by atoms with Crippen LogP contribution in [-0.4, -0.2) is 22.5 Å². The number of anilines is 1. The maximum absolute atomic E-state index is 6.04. The highest BCUT2D eigenvalue weighted by Crippen LogP contribution is 2.15. The molecule has 0 unspecified atom stereocenters. The van der Waals surface area contributed by atoms with Crippen molar-refractivity contribution in [3.63, 3.8) is 0 Å². The van der Waals surface area contributed by atoms with E-state index in [1.54, 1.807) is 0 Å². The third-order valence-electron chi connectivity index (χ3n) is 3.54. The van der Waals surface area contributed by atoms with Gasteiger partial charge in [-0.1, -0.05) is 24.3 Å². The Morgan fingerprint density at radius 2 is 1.85 bits per heavy atom. The molecule has 1 heterocycles. The van der Waals surface area contributed by atoms with Gasteiger partial charge < -0.3 is 5.73 Å². The SMILES string of the molecule is CC(C)N(CCc1ccccn1)Cc1ccccc1N. The van der Waals surface area contributed by atoms with Crippen LogP contribution in [0, 0.1) is 0 Å². The fourth-order valence-electron chi connectivity index (χ4n) is 2.22. The number of hydrogen-bond donors (Lipinski definition) is 1. The second-order valence-corrected chi connectivity index (χ2v) is 5.33. The molecule has 20 heavy (non-hydrogen) atoms. The Morgan fingerprint density at radius 1 is 1.10 bits per heavy atom. The summed E-state index contributed by atoms with van der Waals surface area (Å²) in [6.07, 6.45) is 2.82. The molecule has 2 rings (SSSR count). The predicted molar refractivity (Wildman–Crippen MR) is 84.3 cm³/mol. The van der Waals surface area contributed by atoms with Gasteiger partial charge in [0.2, 0.25) is 0 Å². The average molecular weight is 269 g/mol. The van der Waals surface area contributed by atoms with E-state index in [0.29, 0.717) is 6.04 Å². The van der Waals surface area contributed by atoms with Gasteiger partial charge in [0, 0.05) is 43.1 Å². The topological polar surface area (TPSA) is 42.2 Å². The monoisotopic (exact) mass is 269 g/mol. The highest BCUT2D eigenvalue weighted by molar-refractivity contribution is 5.46. The number of para-hydroxylation sites is 1. The van der Waals surface area contributed by atoms with Crippen LogP contribution >= 0.6 is 0 Å². The molecule has 0 fully saturated rings. The van der Waals surface area contributed by atoms with E-state index in [9.17, 15) is 0 Å². The molecule has 0 aliphatic carbocycles. The van der Waals surface area contributed by atoms with Crippen LogP contribution in [0.1, 0.15) is 25.1 Å². The van der Waals surface area contributed by atoms with Crippen molar-refractivity contribution in [1.29, 1.82) is 0 Å². The van der Waals surface area contributed by atoms with Crippen molar-refractivity contribution in [2.45, 2.75) is 32.9 Å². The van der Waals surface area contributed by atoms with E-state index < -0.39 is 0 Å². The van der Waals surface area contributed by atoms with Crippen LogP contribution in [-0.2, 0) is 13.0 Å². The Morgan fingerprint density at radius 3 is 2.50 bits per heavy atom. The van der Waals surface area contributed by atoms with Crippen molar-refractivity contribution in [3.05, 3.63) is 59.9 Å². The van der Waals surface area contributed by atoms with E-state index >= 15 is 0 Å². The number of rotatable bonds is 6. The molecule has 2 N–H and O–H groups in total. The van der Waals surface area contributed by atoms with Gasteiger partial charge in [0.15, 0.2) is 0 Å². The summed E-state index contributed by atoms with van der Waals surface area (Å²) in [5.74, 6) is 0. The summed E-state index contributed by atoms with van der Waals surface area (Å²) in [4.78, 5) is 6.81. The number of hydrogen-bond acceptors (Lipinski definition) is 3. The van der Waals surface area contributed by atoms with E-state index in [-0.39, 0.29) is 0 Å². The number of nitrogens with zero attached hydrogens (tertiary/aromatic N) is 2. The summed E-state index contributed by atoms with van der Waals surface area (Å²) in [6, 6.07) is 14.6. The van der Waals surface area contributed by atoms with Crippen molar-refractivity contribution in [2.75, 3.05) is 12.3 Å². The molecule has 0 saturated carbocycles. The lowest BCUT2D eigenvalue weighted by Gasteiger charge is -2.27. The molecule has 2 aromatic rings. The fraction of sp³-hybridized carbons (Fsp3) is 0.353. The lowest BCUT2D eigenvalue weighted by Crippen LogP contribution is -2.32. The van der Waals surface area contributed by atoms with Gasteiger partial charge in [-0.2, -0.15) is 0 Å². The molecule has 3 heteroatoms. The maximum atomic E-state index is 6.04. The lowest BCUT2D eigenvalue weighted by atomic mass is 10.1. The first-order valence-electron chi connectivity index (χ1n) is 7.14. The van der Waals surface area contributed by atoms with Crippen molar-refractivity contribution in [3.8, 4) is 0 Å². The Hall–Kier alpha value is -1.87. The molecule has 0 amide bonds. The first kappa shape index (κ1) is 14.5. The van der Waals surface area contributed by atoms with Crippen LogP contribution in [0.15, 0.2) is 48.7 Å². The van der Waals surface area contributed by atoms with Gasteiger partial charge in [0.05, 0.1) is 0 Å². The summed E-state index contributed by atoms with van der Waals surface area (Å²) in [5.41, 5.74) is 9.24. The fourth-order valence-corrected chi connectivity index (χ4v) is 2.22. The maximum Gasteiger partial charge on any atom is 0.0416 e. The molecule has 1 aromatic heterocycles. The molecule has 0 atom stereocenters. The van der Waals surface area contributed by atoms with Gasteiger partial charge in [-0.05, 0) is 37.6 Å². The zero-order valence-electron chi connectivity index (χ0n) is 12.3. The molecule has 0 aliphatic rings. The quantitative estimate of drug-likeness (QED) is 0.819. The van der Waals surface area contributed by atoms with Crippen molar-refractivity contribution < 1.29 is 0 Å². The molecule has 1 aromatic carbocycles. The standard InChI is InChI=1S/C17H23N3/c1-14(2)20(12-10-16-8-5-6-11-19-16)13-15-7-3-4-9-17(15)18/h3-9,11,14H,10,12-13,18H2,1-2H3. The number of pyridine rings is 1. The molecule has 106 valence electrons. The van der Waals surface area contributed by atoms with Crippen LogP contribution in [0.5, 0.6) is 0 Å². The number of nitrogens with two attached hydrogens (primary N) is 1. The van der Waals surface area contributed by atoms with Gasteiger partial charge in [0.25, 0.3) is 0 Å². The molecule has 0 saturated heterocycles. The minimum Gasteiger partial charge on any atom is -0.398 e. The zero-order valence-corrected chi connectivity index (χ0v) is 12.3. The molecule has 0 spiro atoms. The molecule has 0 radical (unpaired) electrons. The first-order valence-corrected chi connectivity index (χ1v) is 7.14. The predicted octanol–water partition coefficient (Wildman–Crippen LogP) is 3.12. The number of aromatic nitrogens is 1. The van der Waals surface area contributed by atoms with Gasteiger partial charge in [-0.3, -0.25) is 9.88 Å². The Balaban J connectivity index is 1.99. The smallest absolute Gasteiger partial charge is 0.0416 e. The minimum absolute atomic E-state index is 0.485. The average Bonchev–Trinajstić information content (AvgIpc) is 2.46. The highest BCUT2D eigenvalue weighted by atomic mass is 15.1. The highest BCUT2D eigenvalue weighted by Gasteiger charge is 2.11. The molecule has 0 bridgehead atoms. The van der Waals surface area contributed by atoms with E-state index in [0.717, 1.165) is 30.9 Å². The summed E-state index contributed by atoms with van der Waals surface area (Å²) in [7, 11) is 0. The molecular formula is C17H23N3. The summed E-state index contributed by atoms with van der Waals surface area (Å²) < 4.78 is 0. The Labute approximate surface area is 121 Å². The van der Waals surface area contributed by atoms with Crippen molar-refractivity contribution in [2.24, 2.45) is 0 Å². The minimum atomic E-state index is 0.485. The van der Waals surface area contributed by atoms with E-state index in [4.69, 9.17) is 5.73 Å². The van der Waals surface area contributed by atoms with Gasteiger partial charge in [0.1, 0.15) is 0 Å². The molecule has 3 nitrogen and oxygen atoms in total. The molecule has 0 aliphatic heterocycles. The third-order valence-corrected chi connectivity index (χ3v) is 3.54. The van der Waals surface area contributed by atoms with E-state index in [2.05, 4.69) is 35.9 Å². The van der Waals surface area contributed by atoms with Crippen molar-refractivity contribution in [1.82, 2.24) is 9.88 Å². The van der Waals surface area contributed by atoms with Crippen LogP contribution in [0.25, 0.3) is 0 Å². The Kier molecular flexibility index (Phi) is 5.13. The number of nitrogen functional groups attached to an aromatic ring is 1.